The number of hydrogen-bond donors (Lipinski definition) is 2. The Hall–Kier alpha value is -1.33. The Bertz CT molecular complexity index is 497. The Morgan fingerprint density at radius 1 is 1.48 bits per heavy atom. The smallest absolute Gasteiger partial charge is 0.317 e. The van der Waals surface area contributed by atoms with Crippen molar-refractivity contribution >= 4 is 17.6 Å². The molecule has 1 heterocycles. The highest BCUT2D eigenvalue weighted by atomic mass is 35.5. The minimum atomic E-state index is -0.467. The van der Waals surface area contributed by atoms with E-state index >= 15 is 0 Å². The van der Waals surface area contributed by atoms with Gasteiger partial charge < -0.3 is 15.3 Å². The summed E-state index contributed by atoms with van der Waals surface area (Å²) in [5, 5.41) is 12.0. The summed E-state index contributed by atoms with van der Waals surface area (Å²) in [5.41, 5.74) is 0.755. The minimum absolute atomic E-state index is 0.0536. The first-order chi connectivity index (χ1) is 10.1. The Kier molecular flexibility index (Phi) is 5.82. The van der Waals surface area contributed by atoms with Gasteiger partial charge in [-0.1, -0.05) is 17.7 Å². The molecule has 0 spiro atoms. The number of carbonyl (C=O) groups is 1. The number of aliphatic hydroxyl groups excluding tert-OH is 1. The molecule has 2 amide bonds. The van der Waals surface area contributed by atoms with Crippen molar-refractivity contribution in [1.29, 1.82) is 0 Å². The molecule has 1 aliphatic rings. The maximum Gasteiger partial charge on any atom is 0.317 e. The van der Waals surface area contributed by atoms with E-state index in [0.29, 0.717) is 19.5 Å². The lowest BCUT2D eigenvalue weighted by molar-refractivity contribution is 0.131. The van der Waals surface area contributed by atoms with Gasteiger partial charge in [0.2, 0.25) is 0 Å². The van der Waals surface area contributed by atoms with Gasteiger partial charge in [-0.15, -0.1) is 0 Å². The fourth-order valence-corrected chi connectivity index (χ4v) is 2.85. The van der Waals surface area contributed by atoms with Crippen LogP contribution in [0, 0.1) is 5.82 Å². The molecule has 1 aromatic rings. The van der Waals surface area contributed by atoms with E-state index < -0.39 is 5.82 Å². The average Bonchev–Trinajstić information content (AvgIpc) is 2.49. The summed E-state index contributed by atoms with van der Waals surface area (Å²) in [7, 11) is 0. The normalized spacial score (nSPS) is 18.6. The van der Waals surface area contributed by atoms with E-state index in [2.05, 4.69) is 5.32 Å². The monoisotopic (exact) mass is 314 g/mol. The van der Waals surface area contributed by atoms with Gasteiger partial charge in [-0.05, 0) is 43.4 Å². The van der Waals surface area contributed by atoms with E-state index in [-0.39, 0.29) is 23.7 Å². The summed E-state index contributed by atoms with van der Waals surface area (Å²) < 4.78 is 13.1. The number of likely N-dealkylation sites (tertiary alicyclic amines) is 1. The van der Waals surface area contributed by atoms with Crippen LogP contribution < -0.4 is 5.32 Å². The highest BCUT2D eigenvalue weighted by Gasteiger charge is 2.25. The van der Waals surface area contributed by atoms with Gasteiger partial charge in [0.15, 0.2) is 0 Å². The molecule has 1 fully saturated rings. The molecule has 1 aromatic carbocycles. The molecule has 6 heteroatoms. The van der Waals surface area contributed by atoms with Crippen molar-refractivity contribution in [3.8, 4) is 0 Å². The van der Waals surface area contributed by atoms with Crippen LogP contribution in [-0.2, 0) is 6.54 Å². The van der Waals surface area contributed by atoms with Gasteiger partial charge in [-0.2, -0.15) is 0 Å². The number of rotatable bonds is 4. The number of hydrogen-bond acceptors (Lipinski definition) is 2. The van der Waals surface area contributed by atoms with Gasteiger partial charge in [-0.3, -0.25) is 0 Å². The summed E-state index contributed by atoms with van der Waals surface area (Å²) in [6.07, 6.45) is 3.60. The van der Waals surface area contributed by atoms with E-state index in [0.717, 1.165) is 24.8 Å². The maximum absolute atomic E-state index is 13.1. The van der Waals surface area contributed by atoms with Gasteiger partial charge in [-0.25, -0.2) is 9.18 Å². The fraction of sp³-hybridized carbons (Fsp3) is 0.533. The van der Waals surface area contributed by atoms with Crippen molar-refractivity contribution in [2.75, 3.05) is 13.2 Å². The largest absolute Gasteiger partial charge is 0.396 e. The van der Waals surface area contributed by atoms with Crippen LogP contribution in [0.15, 0.2) is 18.2 Å². The molecule has 1 aliphatic heterocycles. The first kappa shape index (κ1) is 16.0. The van der Waals surface area contributed by atoms with Crippen LogP contribution in [0.1, 0.15) is 31.2 Å². The number of piperidine rings is 1. The first-order valence-electron chi connectivity index (χ1n) is 7.21. The third-order valence-electron chi connectivity index (χ3n) is 3.78. The topological polar surface area (TPSA) is 52.6 Å². The molecule has 2 rings (SSSR count). The molecule has 1 unspecified atom stereocenters. The van der Waals surface area contributed by atoms with Gasteiger partial charge in [0.25, 0.3) is 0 Å². The predicted octanol–water partition coefficient (Wildman–Crippen LogP) is 2.93. The third kappa shape index (κ3) is 4.32. The number of nitrogens with one attached hydrogen (secondary N) is 1. The molecule has 2 N–H and O–H groups in total. The number of carbonyl (C=O) groups excluding carboxylic acids is 1. The van der Waals surface area contributed by atoms with E-state index in [1.807, 2.05) is 0 Å². The number of benzene rings is 1. The highest BCUT2D eigenvalue weighted by molar-refractivity contribution is 6.30. The Balaban J connectivity index is 1.92. The summed E-state index contributed by atoms with van der Waals surface area (Å²) in [6.45, 7) is 1.10. The third-order valence-corrected chi connectivity index (χ3v) is 4.07. The number of urea groups is 1. The first-order valence-corrected chi connectivity index (χ1v) is 7.59. The standard InChI is InChI=1S/C15H20ClFN2O2/c16-13-9-11(4-5-14(13)17)10-18-15(21)19-7-2-1-3-12(19)6-8-20/h4-5,9,12,20H,1-3,6-8,10H2,(H,18,21). The lowest BCUT2D eigenvalue weighted by atomic mass is 10.0. The fourth-order valence-electron chi connectivity index (χ4n) is 2.65. The lowest BCUT2D eigenvalue weighted by Crippen LogP contribution is -2.48. The number of amides is 2. The van der Waals surface area contributed by atoms with Crippen molar-refractivity contribution in [2.24, 2.45) is 0 Å². The van der Waals surface area contributed by atoms with Crippen molar-refractivity contribution < 1.29 is 14.3 Å². The van der Waals surface area contributed by atoms with Gasteiger partial charge in [0.1, 0.15) is 5.82 Å². The van der Waals surface area contributed by atoms with E-state index in [9.17, 15) is 9.18 Å². The molecule has 1 saturated heterocycles. The quantitative estimate of drug-likeness (QED) is 0.898. The molecule has 0 aromatic heterocycles. The zero-order valence-corrected chi connectivity index (χ0v) is 12.6. The van der Waals surface area contributed by atoms with Crippen LogP contribution in [0.5, 0.6) is 0 Å². The second kappa shape index (κ2) is 7.61. The van der Waals surface area contributed by atoms with E-state index in [4.69, 9.17) is 16.7 Å². The summed E-state index contributed by atoms with van der Waals surface area (Å²) >= 11 is 5.72. The zero-order valence-electron chi connectivity index (χ0n) is 11.8. The predicted molar refractivity (Wildman–Crippen MR) is 79.7 cm³/mol. The summed E-state index contributed by atoms with van der Waals surface area (Å²) in [6, 6.07) is 4.36. The highest BCUT2D eigenvalue weighted by Crippen LogP contribution is 2.20. The minimum Gasteiger partial charge on any atom is -0.396 e. The van der Waals surface area contributed by atoms with Crippen LogP contribution >= 0.6 is 11.6 Å². The van der Waals surface area contributed by atoms with Crippen molar-refractivity contribution in [2.45, 2.75) is 38.3 Å². The van der Waals surface area contributed by atoms with Crippen molar-refractivity contribution in [3.63, 3.8) is 0 Å². The van der Waals surface area contributed by atoms with Gasteiger partial charge in [0, 0.05) is 25.7 Å². The second-order valence-corrected chi connectivity index (χ2v) is 5.67. The van der Waals surface area contributed by atoms with Crippen LogP contribution in [0.3, 0.4) is 0 Å². The Morgan fingerprint density at radius 2 is 2.29 bits per heavy atom. The molecule has 0 aliphatic carbocycles. The zero-order chi connectivity index (χ0) is 15.2. The Labute approximate surface area is 128 Å². The summed E-state index contributed by atoms with van der Waals surface area (Å²) in [5.74, 6) is -0.467. The molecule has 0 radical (unpaired) electrons. The van der Waals surface area contributed by atoms with Crippen LogP contribution in [-0.4, -0.2) is 35.2 Å². The molecule has 21 heavy (non-hydrogen) atoms. The number of halogens is 2. The van der Waals surface area contributed by atoms with E-state index in [1.54, 1.807) is 11.0 Å². The average molecular weight is 315 g/mol. The van der Waals surface area contributed by atoms with E-state index in [1.165, 1.54) is 12.1 Å². The van der Waals surface area contributed by atoms with Crippen molar-refractivity contribution in [1.82, 2.24) is 10.2 Å². The molecule has 1 atom stereocenters. The van der Waals surface area contributed by atoms with Crippen LogP contribution in [0.4, 0.5) is 9.18 Å². The molecular formula is C15H20ClFN2O2. The molecule has 0 bridgehead atoms. The van der Waals surface area contributed by atoms with Gasteiger partial charge >= 0.3 is 6.03 Å². The maximum atomic E-state index is 13.1. The SMILES string of the molecule is O=C(NCc1ccc(F)c(Cl)c1)N1CCCCC1CCO. The number of nitrogens with zero attached hydrogens (tertiary/aromatic N) is 1. The summed E-state index contributed by atoms with van der Waals surface area (Å²) in [4.78, 5) is 14.0. The second-order valence-electron chi connectivity index (χ2n) is 5.26. The Morgan fingerprint density at radius 3 is 3.00 bits per heavy atom. The molecule has 4 nitrogen and oxygen atoms in total. The van der Waals surface area contributed by atoms with Crippen LogP contribution in [0.2, 0.25) is 5.02 Å². The lowest BCUT2D eigenvalue weighted by Gasteiger charge is -2.35. The molecule has 116 valence electrons. The van der Waals surface area contributed by atoms with Crippen LogP contribution in [0.25, 0.3) is 0 Å². The molecular weight excluding hydrogens is 295 g/mol. The van der Waals surface area contributed by atoms with Gasteiger partial charge in [0.05, 0.1) is 5.02 Å². The van der Waals surface area contributed by atoms with Crippen molar-refractivity contribution in [3.05, 3.63) is 34.6 Å². The molecule has 0 saturated carbocycles. The number of aliphatic hydroxyl groups is 1.